The summed E-state index contributed by atoms with van der Waals surface area (Å²) in [6, 6.07) is 6.32. The Hall–Kier alpha value is -2.42. The summed E-state index contributed by atoms with van der Waals surface area (Å²) in [6.07, 6.45) is -4.62. The highest BCUT2D eigenvalue weighted by Crippen LogP contribution is 2.29. The molecule has 0 aliphatic carbocycles. The van der Waals surface area contributed by atoms with E-state index in [-0.39, 0.29) is 31.5 Å². The third kappa shape index (κ3) is 5.06. The van der Waals surface area contributed by atoms with Crippen LogP contribution in [0.3, 0.4) is 0 Å². The van der Waals surface area contributed by atoms with E-state index in [1.807, 2.05) is 0 Å². The maximum Gasteiger partial charge on any atom is 0.433 e. The first-order valence-corrected chi connectivity index (χ1v) is 6.68. The summed E-state index contributed by atoms with van der Waals surface area (Å²) < 4.78 is 51.3. The number of hydrogen-bond acceptors (Lipinski definition) is 5. The van der Waals surface area contributed by atoms with Gasteiger partial charge in [-0.25, -0.2) is 9.37 Å². The molecule has 2 rings (SSSR count). The van der Waals surface area contributed by atoms with Gasteiger partial charge >= 0.3 is 6.18 Å². The number of anilines is 2. The first-order chi connectivity index (χ1) is 10.9. The van der Waals surface area contributed by atoms with Gasteiger partial charge in [-0.1, -0.05) is 12.1 Å². The highest BCUT2D eigenvalue weighted by Gasteiger charge is 2.33. The van der Waals surface area contributed by atoms with E-state index < -0.39 is 17.7 Å². The topological polar surface area (TPSA) is 70.1 Å². The molecule has 0 saturated carbocycles. The van der Waals surface area contributed by atoms with E-state index in [1.165, 1.54) is 24.3 Å². The Morgan fingerprint density at radius 1 is 1.04 bits per heavy atom. The van der Waals surface area contributed by atoms with E-state index in [0.29, 0.717) is 5.56 Å². The van der Waals surface area contributed by atoms with Crippen molar-refractivity contribution in [2.45, 2.75) is 12.7 Å². The molecule has 0 fully saturated rings. The van der Waals surface area contributed by atoms with Crippen LogP contribution in [-0.4, -0.2) is 28.2 Å². The molecule has 23 heavy (non-hydrogen) atoms. The summed E-state index contributed by atoms with van der Waals surface area (Å²) in [4.78, 5) is 7.26. The van der Waals surface area contributed by atoms with Crippen LogP contribution >= 0.6 is 0 Å². The van der Waals surface area contributed by atoms with E-state index >= 15 is 0 Å². The van der Waals surface area contributed by atoms with Gasteiger partial charge in [0.05, 0.1) is 6.61 Å². The van der Waals surface area contributed by atoms with Gasteiger partial charge in [0.1, 0.15) is 11.6 Å². The number of nitrogens with one attached hydrogen (secondary N) is 2. The molecule has 124 valence electrons. The van der Waals surface area contributed by atoms with Gasteiger partial charge in [-0.05, 0) is 17.7 Å². The van der Waals surface area contributed by atoms with Crippen molar-refractivity contribution in [2.75, 3.05) is 23.8 Å². The summed E-state index contributed by atoms with van der Waals surface area (Å²) in [5.74, 6) is -0.668. The van der Waals surface area contributed by atoms with Crippen LogP contribution in [0.1, 0.15) is 11.3 Å². The minimum absolute atomic E-state index is 0.0265. The maximum absolute atomic E-state index is 12.8. The zero-order chi connectivity index (χ0) is 16.9. The quantitative estimate of drug-likeness (QED) is 0.711. The molecular formula is C14H14F4N4O. The van der Waals surface area contributed by atoms with Crippen molar-refractivity contribution < 1.29 is 22.7 Å². The molecule has 0 unspecified atom stereocenters. The lowest BCUT2D eigenvalue weighted by Crippen LogP contribution is -2.15. The van der Waals surface area contributed by atoms with Crippen molar-refractivity contribution in [1.29, 1.82) is 0 Å². The molecule has 0 amide bonds. The van der Waals surface area contributed by atoms with Crippen molar-refractivity contribution in [3.63, 3.8) is 0 Å². The maximum atomic E-state index is 12.8. The van der Waals surface area contributed by atoms with Crippen LogP contribution in [0.5, 0.6) is 0 Å². The normalized spacial score (nSPS) is 11.3. The van der Waals surface area contributed by atoms with Crippen LogP contribution in [0.2, 0.25) is 0 Å². The fourth-order valence-electron chi connectivity index (χ4n) is 1.72. The molecule has 1 aromatic heterocycles. The molecular weight excluding hydrogens is 316 g/mol. The van der Waals surface area contributed by atoms with E-state index in [9.17, 15) is 17.6 Å². The number of rotatable bonds is 6. The number of hydrogen-bond donors (Lipinski definition) is 3. The van der Waals surface area contributed by atoms with Crippen LogP contribution < -0.4 is 10.6 Å². The molecule has 3 N–H and O–H groups in total. The Kier molecular flexibility index (Phi) is 5.32. The highest BCUT2D eigenvalue weighted by molar-refractivity contribution is 5.43. The number of alkyl halides is 3. The number of halogens is 4. The molecule has 1 heterocycles. The molecule has 1 aromatic carbocycles. The molecule has 0 atom stereocenters. The second-order valence-electron chi connectivity index (χ2n) is 4.59. The van der Waals surface area contributed by atoms with E-state index in [1.54, 1.807) is 0 Å². The SMILES string of the molecule is OCCNc1nc(NCc2ccc(F)cc2)cc(C(F)(F)F)n1. The summed E-state index contributed by atoms with van der Waals surface area (Å²) in [6.45, 7) is -0.0648. The summed E-state index contributed by atoms with van der Waals surface area (Å²) in [7, 11) is 0. The Balaban J connectivity index is 2.17. The first-order valence-electron chi connectivity index (χ1n) is 6.68. The Bertz CT molecular complexity index is 646. The van der Waals surface area contributed by atoms with Gasteiger partial charge < -0.3 is 15.7 Å². The second kappa shape index (κ2) is 7.23. The van der Waals surface area contributed by atoms with Crippen molar-refractivity contribution in [1.82, 2.24) is 9.97 Å². The van der Waals surface area contributed by atoms with Crippen molar-refractivity contribution in [3.05, 3.63) is 47.4 Å². The Labute approximate surface area is 129 Å². The fourth-order valence-corrected chi connectivity index (χ4v) is 1.72. The standard InChI is InChI=1S/C14H14F4N4O/c15-10-3-1-9(2-4-10)8-20-12-7-11(14(16,17)18)21-13(22-12)19-5-6-23/h1-4,7,23H,5-6,8H2,(H2,19,20,21,22). The number of nitrogens with zero attached hydrogens (tertiary/aromatic N) is 2. The monoisotopic (exact) mass is 330 g/mol. The molecule has 0 bridgehead atoms. The average Bonchev–Trinajstić information content (AvgIpc) is 2.51. The largest absolute Gasteiger partial charge is 0.433 e. The Morgan fingerprint density at radius 3 is 2.35 bits per heavy atom. The number of aromatic nitrogens is 2. The van der Waals surface area contributed by atoms with Crippen LogP contribution in [0.4, 0.5) is 29.3 Å². The zero-order valence-electron chi connectivity index (χ0n) is 11.9. The van der Waals surface area contributed by atoms with E-state index in [0.717, 1.165) is 6.07 Å². The predicted molar refractivity (Wildman–Crippen MR) is 76.3 cm³/mol. The third-order valence-electron chi connectivity index (χ3n) is 2.80. The zero-order valence-corrected chi connectivity index (χ0v) is 11.9. The van der Waals surface area contributed by atoms with Gasteiger partial charge in [-0.3, -0.25) is 0 Å². The summed E-state index contributed by atoms with van der Waals surface area (Å²) in [5, 5.41) is 13.9. The third-order valence-corrected chi connectivity index (χ3v) is 2.80. The van der Waals surface area contributed by atoms with E-state index in [2.05, 4.69) is 20.6 Å². The smallest absolute Gasteiger partial charge is 0.395 e. The van der Waals surface area contributed by atoms with Crippen LogP contribution in [-0.2, 0) is 12.7 Å². The molecule has 0 saturated heterocycles. The molecule has 0 aliphatic heterocycles. The minimum atomic E-state index is -4.62. The van der Waals surface area contributed by atoms with Crippen molar-refractivity contribution in [2.24, 2.45) is 0 Å². The van der Waals surface area contributed by atoms with E-state index in [4.69, 9.17) is 5.11 Å². The molecule has 5 nitrogen and oxygen atoms in total. The van der Waals surface area contributed by atoms with Gasteiger partial charge in [0.15, 0.2) is 5.69 Å². The molecule has 0 spiro atoms. The van der Waals surface area contributed by atoms with Crippen molar-refractivity contribution >= 4 is 11.8 Å². The van der Waals surface area contributed by atoms with Crippen LogP contribution in [0.25, 0.3) is 0 Å². The number of aliphatic hydroxyl groups excluding tert-OH is 1. The molecule has 9 heteroatoms. The second-order valence-corrected chi connectivity index (χ2v) is 4.59. The lowest BCUT2D eigenvalue weighted by Gasteiger charge is -2.12. The highest BCUT2D eigenvalue weighted by atomic mass is 19.4. The summed E-state index contributed by atoms with van der Waals surface area (Å²) in [5.41, 5.74) is -0.419. The van der Waals surface area contributed by atoms with Crippen molar-refractivity contribution in [3.8, 4) is 0 Å². The number of benzene rings is 1. The van der Waals surface area contributed by atoms with Gasteiger partial charge in [0.25, 0.3) is 0 Å². The van der Waals surface area contributed by atoms with Gasteiger partial charge in [0, 0.05) is 19.2 Å². The molecule has 0 aliphatic rings. The number of aliphatic hydroxyl groups is 1. The van der Waals surface area contributed by atoms with Crippen LogP contribution in [0.15, 0.2) is 30.3 Å². The first kappa shape index (κ1) is 16.9. The lowest BCUT2D eigenvalue weighted by atomic mass is 10.2. The van der Waals surface area contributed by atoms with Gasteiger partial charge in [0.2, 0.25) is 5.95 Å². The van der Waals surface area contributed by atoms with Crippen LogP contribution in [0, 0.1) is 5.82 Å². The molecule has 2 aromatic rings. The van der Waals surface area contributed by atoms with Gasteiger partial charge in [-0.2, -0.15) is 18.2 Å². The predicted octanol–water partition coefficient (Wildman–Crippen LogP) is 2.65. The Morgan fingerprint density at radius 2 is 1.74 bits per heavy atom. The van der Waals surface area contributed by atoms with Gasteiger partial charge in [-0.15, -0.1) is 0 Å². The summed E-state index contributed by atoms with van der Waals surface area (Å²) >= 11 is 0. The average molecular weight is 330 g/mol. The lowest BCUT2D eigenvalue weighted by molar-refractivity contribution is -0.141. The minimum Gasteiger partial charge on any atom is -0.395 e. The molecule has 0 radical (unpaired) electrons. The fraction of sp³-hybridized carbons (Fsp3) is 0.286.